The van der Waals surface area contributed by atoms with Crippen LogP contribution in [-0.2, 0) is 10.0 Å². The first-order chi connectivity index (χ1) is 5.98. The molecule has 5 heteroatoms. The molecule has 13 heavy (non-hydrogen) atoms. The zero-order valence-electron chi connectivity index (χ0n) is 8.01. The van der Waals surface area contributed by atoms with Crippen molar-refractivity contribution < 1.29 is 8.42 Å². The predicted octanol–water partition coefficient (Wildman–Crippen LogP) is 1.50. The normalized spacial score (nSPS) is 11.3. The van der Waals surface area contributed by atoms with E-state index in [-0.39, 0.29) is 5.75 Å². The molecule has 0 aliphatic rings. The van der Waals surface area contributed by atoms with Gasteiger partial charge in [-0.15, -0.1) is 11.6 Å². The number of nitrogens with one attached hydrogen (secondary N) is 1. The fourth-order valence-electron chi connectivity index (χ4n) is 0.690. The number of alkyl halides is 1. The van der Waals surface area contributed by atoms with E-state index in [4.69, 9.17) is 11.6 Å². The Labute approximate surface area is 85.2 Å². The molecule has 78 valence electrons. The maximum atomic E-state index is 11.2. The molecule has 0 heterocycles. The van der Waals surface area contributed by atoms with Gasteiger partial charge in [0.25, 0.3) is 0 Å². The molecule has 0 unspecified atom stereocenters. The van der Waals surface area contributed by atoms with Crippen molar-refractivity contribution in [2.24, 2.45) is 0 Å². The van der Waals surface area contributed by atoms with Crippen molar-refractivity contribution in [3.05, 3.63) is 11.6 Å². The van der Waals surface area contributed by atoms with Gasteiger partial charge in [-0.3, -0.25) is 0 Å². The molecule has 0 amide bonds. The lowest BCUT2D eigenvalue weighted by molar-refractivity contribution is 0.584. The Morgan fingerprint density at radius 3 is 2.54 bits per heavy atom. The van der Waals surface area contributed by atoms with Crippen LogP contribution >= 0.6 is 11.6 Å². The minimum atomic E-state index is -3.12. The van der Waals surface area contributed by atoms with Gasteiger partial charge in [0.15, 0.2) is 0 Å². The van der Waals surface area contributed by atoms with Gasteiger partial charge in [0.2, 0.25) is 10.0 Å². The van der Waals surface area contributed by atoms with Crippen molar-refractivity contribution in [3.63, 3.8) is 0 Å². The fourth-order valence-corrected chi connectivity index (χ4v) is 1.99. The Kier molecular flexibility index (Phi) is 6.37. The quantitative estimate of drug-likeness (QED) is 0.550. The van der Waals surface area contributed by atoms with E-state index in [9.17, 15) is 8.42 Å². The number of hydrogen-bond donors (Lipinski definition) is 1. The molecule has 0 aromatic carbocycles. The van der Waals surface area contributed by atoms with E-state index in [0.717, 1.165) is 5.57 Å². The van der Waals surface area contributed by atoms with Gasteiger partial charge >= 0.3 is 0 Å². The van der Waals surface area contributed by atoms with Crippen LogP contribution < -0.4 is 4.72 Å². The van der Waals surface area contributed by atoms with Crippen LogP contribution in [0.4, 0.5) is 0 Å². The molecule has 1 N–H and O–H groups in total. The van der Waals surface area contributed by atoms with Crippen LogP contribution in [0, 0.1) is 0 Å². The van der Waals surface area contributed by atoms with Crippen molar-refractivity contribution in [1.29, 1.82) is 0 Å². The first-order valence-electron chi connectivity index (χ1n) is 4.14. The average molecular weight is 226 g/mol. The predicted molar refractivity (Wildman–Crippen MR) is 56.6 cm³/mol. The monoisotopic (exact) mass is 225 g/mol. The van der Waals surface area contributed by atoms with Crippen LogP contribution in [-0.4, -0.2) is 26.6 Å². The van der Waals surface area contributed by atoms with Crippen LogP contribution in [0.1, 0.15) is 20.3 Å². The van der Waals surface area contributed by atoms with Gasteiger partial charge in [0.1, 0.15) is 0 Å². The zero-order chi connectivity index (χ0) is 10.3. The van der Waals surface area contributed by atoms with E-state index in [1.165, 1.54) is 0 Å². The summed E-state index contributed by atoms with van der Waals surface area (Å²) < 4.78 is 24.8. The van der Waals surface area contributed by atoms with E-state index in [1.54, 1.807) is 0 Å². The van der Waals surface area contributed by atoms with Crippen molar-refractivity contribution in [2.75, 3.05) is 18.2 Å². The van der Waals surface area contributed by atoms with Gasteiger partial charge in [-0.25, -0.2) is 13.1 Å². The summed E-state index contributed by atoms with van der Waals surface area (Å²) in [7, 11) is -3.12. The van der Waals surface area contributed by atoms with Crippen molar-refractivity contribution in [3.8, 4) is 0 Å². The SMILES string of the molecule is CC(C)=CCNS(=O)(=O)CCCCl. The number of allylic oxidation sites excluding steroid dienone is 1. The molecule has 0 fully saturated rings. The summed E-state index contributed by atoms with van der Waals surface area (Å²) in [6.07, 6.45) is 2.32. The highest BCUT2D eigenvalue weighted by atomic mass is 35.5. The molecule has 0 aromatic rings. The largest absolute Gasteiger partial charge is 0.212 e. The van der Waals surface area contributed by atoms with Gasteiger partial charge in [-0.05, 0) is 20.3 Å². The average Bonchev–Trinajstić information content (AvgIpc) is 2.00. The fraction of sp³-hybridized carbons (Fsp3) is 0.750. The van der Waals surface area contributed by atoms with Crippen molar-refractivity contribution in [2.45, 2.75) is 20.3 Å². The number of hydrogen-bond acceptors (Lipinski definition) is 2. The van der Waals surface area contributed by atoms with Gasteiger partial charge in [-0.1, -0.05) is 11.6 Å². The van der Waals surface area contributed by atoms with Crippen LogP contribution in [0.15, 0.2) is 11.6 Å². The molecule has 0 atom stereocenters. The maximum Gasteiger partial charge on any atom is 0.211 e. The molecule has 0 radical (unpaired) electrons. The lowest BCUT2D eigenvalue weighted by Gasteiger charge is -2.02. The third-order valence-electron chi connectivity index (χ3n) is 1.36. The smallest absolute Gasteiger partial charge is 0.211 e. The molecule has 0 spiro atoms. The third-order valence-corrected chi connectivity index (χ3v) is 3.06. The lowest BCUT2D eigenvalue weighted by Crippen LogP contribution is -2.26. The molecule has 0 bridgehead atoms. The molecular formula is C8H16ClNO2S. The van der Waals surface area contributed by atoms with Gasteiger partial charge in [0, 0.05) is 12.4 Å². The summed E-state index contributed by atoms with van der Waals surface area (Å²) in [5.74, 6) is 0.483. The van der Waals surface area contributed by atoms with E-state index in [1.807, 2.05) is 19.9 Å². The highest BCUT2D eigenvalue weighted by molar-refractivity contribution is 7.89. The summed E-state index contributed by atoms with van der Waals surface area (Å²) in [6.45, 7) is 4.22. The first kappa shape index (κ1) is 12.9. The third kappa shape index (κ3) is 8.28. The molecule has 0 saturated heterocycles. The Morgan fingerprint density at radius 1 is 1.46 bits per heavy atom. The second-order valence-electron chi connectivity index (χ2n) is 2.99. The van der Waals surface area contributed by atoms with Crippen LogP contribution in [0.25, 0.3) is 0 Å². The molecular weight excluding hydrogens is 210 g/mol. The first-order valence-corrected chi connectivity index (χ1v) is 6.33. The highest BCUT2D eigenvalue weighted by Gasteiger charge is 2.06. The standard InChI is InChI=1S/C8H16ClNO2S/c1-8(2)4-6-10-13(11,12)7-3-5-9/h4,10H,3,5-7H2,1-2H3. The van der Waals surface area contributed by atoms with Crippen LogP contribution in [0.3, 0.4) is 0 Å². The summed E-state index contributed by atoms with van der Waals surface area (Å²) in [4.78, 5) is 0. The summed E-state index contributed by atoms with van der Waals surface area (Å²) in [5, 5.41) is 0. The Hall–Kier alpha value is -0.0600. The Bertz CT molecular complexity index is 255. The van der Waals surface area contributed by atoms with Crippen molar-refractivity contribution >= 4 is 21.6 Å². The molecule has 0 saturated carbocycles. The Morgan fingerprint density at radius 2 is 2.08 bits per heavy atom. The van der Waals surface area contributed by atoms with E-state index in [2.05, 4.69) is 4.72 Å². The number of rotatable bonds is 6. The molecule has 0 rings (SSSR count). The van der Waals surface area contributed by atoms with Crippen LogP contribution in [0.5, 0.6) is 0 Å². The maximum absolute atomic E-state index is 11.2. The highest BCUT2D eigenvalue weighted by Crippen LogP contribution is 1.92. The minimum absolute atomic E-state index is 0.104. The van der Waals surface area contributed by atoms with Gasteiger partial charge in [-0.2, -0.15) is 0 Å². The van der Waals surface area contributed by atoms with E-state index < -0.39 is 10.0 Å². The topological polar surface area (TPSA) is 46.2 Å². The van der Waals surface area contributed by atoms with Gasteiger partial charge < -0.3 is 0 Å². The van der Waals surface area contributed by atoms with Crippen LogP contribution in [0.2, 0.25) is 0 Å². The minimum Gasteiger partial charge on any atom is -0.212 e. The van der Waals surface area contributed by atoms with E-state index in [0.29, 0.717) is 18.8 Å². The van der Waals surface area contributed by atoms with Crippen molar-refractivity contribution in [1.82, 2.24) is 4.72 Å². The lowest BCUT2D eigenvalue weighted by atomic mass is 10.3. The second kappa shape index (κ2) is 6.40. The number of halogens is 1. The second-order valence-corrected chi connectivity index (χ2v) is 5.30. The number of sulfonamides is 1. The van der Waals surface area contributed by atoms with E-state index >= 15 is 0 Å². The molecule has 0 aromatic heterocycles. The molecule has 3 nitrogen and oxygen atoms in total. The molecule has 0 aliphatic carbocycles. The molecule has 0 aliphatic heterocycles. The summed E-state index contributed by atoms with van der Waals surface area (Å²) in [5.41, 5.74) is 1.10. The summed E-state index contributed by atoms with van der Waals surface area (Å²) in [6, 6.07) is 0. The summed E-state index contributed by atoms with van der Waals surface area (Å²) >= 11 is 5.39. The Balaban J connectivity index is 3.83. The zero-order valence-corrected chi connectivity index (χ0v) is 9.58. The van der Waals surface area contributed by atoms with Gasteiger partial charge in [0.05, 0.1) is 5.75 Å².